The highest BCUT2D eigenvalue weighted by molar-refractivity contribution is 9.10. The van der Waals surface area contributed by atoms with Crippen molar-refractivity contribution in [3.63, 3.8) is 0 Å². The Bertz CT molecular complexity index is 715. The molecule has 2 aromatic carbocycles. The fourth-order valence-corrected chi connectivity index (χ4v) is 2.78. The summed E-state index contributed by atoms with van der Waals surface area (Å²) < 4.78 is 1.75. The molecule has 23 heavy (non-hydrogen) atoms. The van der Waals surface area contributed by atoms with Crippen LogP contribution in [0, 0.1) is 6.92 Å². The number of aryl methyl sites for hydroxylation is 1. The molecule has 2 amide bonds. The van der Waals surface area contributed by atoms with E-state index in [-0.39, 0.29) is 24.8 Å². The molecule has 120 valence electrons. The Morgan fingerprint density at radius 1 is 1.04 bits per heavy atom. The first-order valence-corrected chi connectivity index (χ1v) is 8.64. The van der Waals surface area contributed by atoms with Crippen molar-refractivity contribution in [2.24, 2.45) is 0 Å². The van der Waals surface area contributed by atoms with E-state index < -0.39 is 0 Å². The number of benzene rings is 2. The summed E-state index contributed by atoms with van der Waals surface area (Å²) in [5, 5.41) is 5.55. The maximum Gasteiger partial charge on any atom is 0.251 e. The van der Waals surface area contributed by atoms with Crippen molar-refractivity contribution in [3.8, 4) is 0 Å². The predicted octanol–water partition coefficient (Wildman–Crippen LogP) is 4.28. The molecule has 0 saturated carbocycles. The summed E-state index contributed by atoms with van der Waals surface area (Å²) in [5.41, 5.74) is 2.39. The summed E-state index contributed by atoms with van der Waals surface area (Å²) in [4.78, 5) is 23.8. The molecule has 0 aliphatic carbocycles. The third-order valence-electron chi connectivity index (χ3n) is 3.14. The van der Waals surface area contributed by atoms with E-state index in [1.165, 1.54) is 0 Å². The van der Waals surface area contributed by atoms with Crippen molar-refractivity contribution in [1.29, 1.82) is 0 Å². The van der Waals surface area contributed by atoms with Crippen molar-refractivity contribution >= 4 is 49.4 Å². The molecule has 0 fully saturated rings. The molecular formula is C17H16Br2N2O2. The van der Waals surface area contributed by atoms with Gasteiger partial charge in [-0.1, -0.05) is 22.0 Å². The maximum absolute atomic E-state index is 11.9. The van der Waals surface area contributed by atoms with E-state index in [9.17, 15) is 9.59 Å². The van der Waals surface area contributed by atoms with Gasteiger partial charge in [0.25, 0.3) is 5.91 Å². The number of hydrogen-bond acceptors (Lipinski definition) is 2. The van der Waals surface area contributed by atoms with Crippen molar-refractivity contribution < 1.29 is 9.59 Å². The van der Waals surface area contributed by atoms with Gasteiger partial charge in [-0.25, -0.2) is 0 Å². The lowest BCUT2D eigenvalue weighted by molar-refractivity contribution is -0.116. The van der Waals surface area contributed by atoms with Crippen LogP contribution in [0.4, 0.5) is 5.69 Å². The van der Waals surface area contributed by atoms with Crippen molar-refractivity contribution in [3.05, 3.63) is 62.5 Å². The molecule has 0 aliphatic heterocycles. The van der Waals surface area contributed by atoms with Gasteiger partial charge >= 0.3 is 0 Å². The minimum Gasteiger partial charge on any atom is -0.352 e. The molecule has 2 aromatic rings. The average molecular weight is 440 g/mol. The first kappa shape index (κ1) is 17.7. The molecule has 0 unspecified atom stereocenters. The third-order valence-corrected chi connectivity index (χ3v) is 4.33. The maximum atomic E-state index is 11.9. The summed E-state index contributed by atoms with van der Waals surface area (Å²) in [6.07, 6.45) is 0.211. The number of hydrogen-bond donors (Lipinski definition) is 2. The van der Waals surface area contributed by atoms with Crippen LogP contribution in [0.5, 0.6) is 0 Å². The number of nitrogens with one attached hydrogen (secondary N) is 2. The van der Waals surface area contributed by atoms with Gasteiger partial charge < -0.3 is 10.6 Å². The van der Waals surface area contributed by atoms with Crippen LogP contribution in [0.15, 0.2) is 51.4 Å². The molecule has 2 N–H and O–H groups in total. The van der Waals surface area contributed by atoms with Gasteiger partial charge in [0.1, 0.15) is 0 Å². The Kier molecular flexibility index (Phi) is 6.36. The average Bonchev–Trinajstić information content (AvgIpc) is 2.50. The molecule has 0 atom stereocenters. The Hall–Kier alpha value is -1.66. The Morgan fingerprint density at radius 3 is 2.39 bits per heavy atom. The molecule has 0 heterocycles. The molecule has 4 nitrogen and oxygen atoms in total. The Balaban J connectivity index is 1.80. The fraction of sp³-hybridized carbons (Fsp3) is 0.176. The summed E-state index contributed by atoms with van der Waals surface area (Å²) in [5.74, 6) is -0.340. The Morgan fingerprint density at radius 2 is 1.74 bits per heavy atom. The zero-order chi connectivity index (χ0) is 16.8. The smallest absolute Gasteiger partial charge is 0.251 e. The second-order valence-corrected chi connectivity index (χ2v) is 6.81. The van der Waals surface area contributed by atoms with Crippen LogP contribution in [-0.2, 0) is 4.79 Å². The van der Waals surface area contributed by atoms with Gasteiger partial charge in [-0.15, -0.1) is 0 Å². The molecule has 0 radical (unpaired) electrons. The molecule has 2 rings (SSSR count). The van der Waals surface area contributed by atoms with Crippen LogP contribution in [-0.4, -0.2) is 18.4 Å². The lowest BCUT2D eigenvalue weighted by Gasteiger charge is -2.09. The number of anilines is 1. The minimum absolute atomic E-state index is 0.148. The number of rotatable bonds is 5. The molecule has 0 aliphatic rings. The van der Waals surface area contributed by atoms with Gasteiger partial charge in [-0.05, 0) is 64.8 Å². The molecule has 0 saturated heterocycles. The zero-order valence-corrected chi connectivity index (χ0v) is 15.7. The number of carbonyl (C=O) groups is 2. The molecule has 0 aromatic heterocycles. The van der Waals surface area contributed by atoms with Crippen LogP contribution < -0.4 is 10.6 Å². The topological polar surface area (TPSA) is 58.2 Å². The van der Waals surface area contributed by atoms with Gasteiger partial charge in [0.05, 0.1) is 5.69 Å². The van der Waals surface area contributed by atoms with Crippen LogP contribution in [0.1, 0.15) is 22.3 Å². The van der Waals surface area contributed by atoms with Gasteiger partial charge in [0, 0.05) is 27.5 Å². The minimum atomic E-state index is -0.193. The molecule has 0 bridgehead atoms. The zero-order valence-electron chi connectivity index (χ0n) is 12.5. The van der Waals surface area contributed by atoms with Crippen molar-refractivity contribution in [2.45, 2.75) is 13.3 Å². The van der Waals surface area contributed by atoms with Gasteiger partial charge in [0.15, 0.2) is 0 Å². The van der Waals surface area contributed by atoms with E-state index in [0.717, 1.165) is 20.2 Å². The summed E-state index contributed by atoms with van der Waals surface area (Å²) in [6.45, 7) is 2.26. The number of amides is 2. The monoisotopic (exact) mass is 438 g/mol. The lowest BCUT2D eigenvalue weighted by atomic mass is 10.2. The molecule has 6 heteroatoms. The van der Waals surface area contributed by atoms with Crippen LogP contribution in [0.3, 0.4) is 0 Å². The highest BCUT2D eigenvalue weighted by Gasteiger charge is 2.08. The van der Waals surface area contributed by atoms with Crippen molar-refractivity contribution in [2.75, 3.05) is 11.9 Å². The summed E-state index contributed by atoms with van der Waals surface area (Å²) in [7, 11) is 0. The van der Waals surface area contributed by atoms with Crippen molar-refractivity contribution in [1.82, 2.24) is 5.32 Å². The fourth-order valence-electron chi connectivity index (χ4n) is 1.93. The Labute approximate surface area is 151 Å². The molecular weight excluding hydrogens is 424 g/mol. The quantitative estimate of drug-likeness (QED) is 0.730. The highest BCUT2D eigenvalue weighted by atomic mass is 79.9. The first-order valence-electron chi connectivity index (χ1n) is 7.05. The van der Waals surface area contributed by atoms with E-state index in [2.05, 4.69) is 42.5 Å². The standard InChI is InChI=1S/C17H16Br2N2O2/c1-11-2-7-15(14(19)10-11)21-16(22)8-9-20-17(23)12-3-5-13(18)6-4-12/h2-7,10H,8-9H2,1H3,(H,20,23)(H,21,22). The van der Waals surface area contributed by atoms with E-state index >= 15 is 0 Å². The summed E-state index contributed by atoms with van der Waals surface area (Å²) >= 11 is 6.73. The summed E-state index contributed by atoms with van der Waals surface area (Å²) in [6, 6.07) is 12.8. The van der Waals surface area contributed by atoms with Crippen LogP contribution in [0.2, 0.25) is 0 Å². The van der Waals surface area contributed by atoms with Gasteiger partial charge in [-0.3, -0.25) is 9.59 Å². The highest BCUT2D eigenvalue weighted by Crippen LogP contribution is 2.23. The second kappa shape index (κ2) is 8.26. The largest absolute Gasteiger partial charge is 0.352 e. The van der Waals surface area contributed by atoms with E-state index in [4.69, 9.17) is 0 Å². The predicted molar refractivity (Wildman–Crippen MR) is 98.6 cm³/mol. The number of carbonyl (C=O) groups excluding carboxylic acids is 2. The number of halogens is 2. The van der Waals surface area contributed by atoms with E-state index in [1.807, 2.05) is 25.1 Å². The lowest BCUT2D eigenvalue weighted by Crippen LogP contribution is -2.27. The van der Waals surface area contributed by atoms with E-state index in [1.54, 1.807) is 24.3 Å². The first-order chi connectivity index (χ1) is 11.0. The van der Waals surface area contributed by atoms with Gasteiger partial charge in [-0.2, -0.15) is 0 Å². The van der Waals surface area contributed by atoms with Crippen LogP contribution >= 0.6 is 31.9 Å². The van der Waals surface area contributed by atoms with E-state index in [0.29, 0.717) is 5.56 Å². The van der Waals surface area contributed by atoms with Crippen LogP contribution in [0.25, 0.3) is 0 Å². The SMILES string of the molecule is Cc1ccc(NC(=O)CCNC(=O)c2ccc(Br)cc2)c(Br)c1. The molecule has 0 spiro atoms. The third kappa shape index (κ3) is 5.48. The normalized spacial score (nSPS) is 10.2. The second-order valence-electron chi connectivity index (χ2n) is 5.04. The van der Waals surface area contributed by atoms with Gasteiger partial charge in [0.2, 0.25) is 5.91 Å².